The number of nitrogens with zero attached hydrogens (tertiary/aromatic N) is 1. The lowest BCUT2D eigenvalue weighted by atomic mass is 9.95. The van der Waals surface area contributed by atoms with Gasteiger partial charge >= 0.3 is 0 Å². The van der Waals surface area contributed by atoms with E-state index in [1.54, 1.807) is 7.11 Å². The molecule has 0 radical (unpaired) electrons. The van der Waals surface area contributed by atoms with Gasteiger partial charge in [-0.05, 0) is 50.7 Å². The molecule has 1 atom stereocenters. The van der Waals surface area contributed by atoms with Crippen LogP contribution in [0, 0.1) is 0 Å². The van der Waals surface area contributed by atoms with Crippen LogP contribution in [0.2, 0.25) is 0 Å². The van der Waals surface area contributed by atoms with Gasteiger partial charge in [0.25, 0.3) is 0 Å². The number of likely N-dealkylation sites (tertiary alicyclic amines) is 1. The molecule has 1 aliphatic heterocycles. The Kier molecular flexibility index (Phi) is 4.37. The molecule has 1 unspecified atom stereocenters. The van der Waals surface area contributed by atoms with Gasteiger partial charge in [0.15, 0.2) is 5.78 Å². The molecule has 3 nitrogen and oxygen atoms in total. The van der Waals surface area contributed by atoms with Crippen molar-refractivity contribution in [2.45, 2.75) is 31.7 Å². The van der Waals surface area contributed by atoms with Crippen LogP contribution in [0.25, 0.3) is 0 Å². The predicted molar refractivity (Wildman–Crippen MR) is 72.2 cm³/mol. The van der Waals surface area contributed by atoms with Crippen LogP contribution in [0.5, 0.6) is 5.75 Å². The summed E-state index contributed by atoms with van der Waals surface area (Å²) < 4.78 is 5.10. The van der Waals surface area contributed by atoms with E-state index in [0.29, 0.717) is 12.5 Å². The van der Waals surface area contributed by atoms with E-state index in [0.717, 1.165) is 24.3 Å². The van der Waals surface area contributed by atoms with Crippen LogP contribution in [0.4, 0.5) is 0 Å². The van der Waals surface area contributed by atoms with Crippen LogP contribution >= 0.6 is 0 Å². The average molecular weight is 247 g/mol. The first-order valence-corrected chi connectivity index (χ1v) is 6.58. The summed E-state index contributed by atoms with van der Waals surface area (Å²) in [6.45, 7) is 1.11. The second-order valence-electron chi connectivity index (χ2n) is 4.99. The number of Topliss-reactive ketones (excluding diaryl/α,β-unsaturated/α-hetero) is 1. The fraction of sp³-hybridized carbons (Fsp3) is 0.533. The van der Waals surface area contributed by atoms with E-state index in [1.165, 1.54) is 12.8 Å². The topological polar surface area (TPSA) is 29.5 Å². The van der Waals surface area contributed by atoms with Crippen LogP contribution in [0.15, 0.2) is 24.3 Å². The van der Waals surface area contributed by atoms with E-state index in [-0.39, 0.29) is 5.78 Å². The van der Waals surface area contributed by atoms with Crippen LogP contribution in [0.3, 0.4) is 0 Å². The zero-order valence-corrected chi connectivity index (χ0v) is 11.2. The van der Waals surface area contributed by atoms with Gasteiger partial charge in [0.1, 0.15) is 5.75 Å². The fourth-order valence-corrected chi connectivity index (χ4v) is 2.51. The molecule has 1 saturated heterocycles. The number of ketones is 1. The number of ether oxygens (including phenoxy) is 1. The molecule has 1 aromatic rings. The average Bonchev–Trinajstić information content (AvgIpc) is 2.41. The number of carbonyl (C=O) groups is 1. The van der Waals surface area contributed by atoms with Gasteiger partial charge < -0.3 is 9.64 Å². The first kappa shape index (κ1) is 13.1. The van der Waals surface area contributed by atoms with E-state index < -0.39 is 0 Å². The Hall–Kier alpha value is -1.35. The van der Waals surface area contributed by atoms with Gasteiger partial charge in [0, 0.05) is 18.0 Å². The summed E-state index contributed by atoms with van der Waals surface area (Å²) in [6, 6.07) is 7.80. The van der Waals surface area contributed by atoms with E-state index in [2.05, 4.69) is 11.9 Å². The summed E-state index contributed by atoms with van der Waals surface area (Å²) in [5.74, 6) is 1.03. The van der Waals surface area contributed by atoms with E-state index in [4.69, 9.17) is 4.74 Å². The molecule has 0 saturated carbocycles. The molecular weight excluding hydrogens is 226 g/mol. The zero-order chi connectivity index (χ0) is 13.0. The molecule has 1 fully saturated rings. The highest BCUT2D eigenvalue weighted by Gasteiger charge is 2.22. The summed E-state index contributed by atoms with van der Waals surface area (Å²) in [5.41, 5.74) is 0.787. The Morgan fingerprint density at radius 2 is 2.06 bits per heavy atom. The molecule has 3 heteroatoms. The van der Waals surface area contributed by atoms with Gasteiger partial charge in [0.2, 0.25) is 0 Å². The Balaban J connectivity index is 1.97. The minimum Gasteiger partial charge on any atom is -0.497 e. The van der Waals surface area contributed by atoms with E-state index in [1.807, 2.05) is 24.3 Å². The van der Waals surface area contributed by atoms with Crippen LogP contribution in [-0.4, -0.2) is 37.4 Å². The number of methoxy groups -OCH3 is 1. The fourth-order valence-electron chi connectivity index (χ4n) is 2.51. The van der Waals surface area contributed by atoms with Crippen LogP contribution < -0.4 is 4.74 Å². The Morgan fingerprint density at radius 3 is 2.67 bits per heavy atom. The number of rotatable bonds is 4. The van der Waals surface area contributed by atoms with Crippen molar-refractivity contribution in [1.29, 1.82) is 0 Å². The molecule has 2 rings (SSSR count). The molecule has 1 aromatic carbocycles. The second kappa shape index (κ2) is 6.01. The molecular formula is C15H21NO2. The molecule has 0 spiro atoms. The molecule has 1 aliphatic rings. The smallest absolute Gasteiger partial charge is 0.164 e. The number of hydrogen-bond donors (Lipinski definition) is 0. The van der Waals surface area contributed by atoms with Crippen LogP contribution in [-0.2, 0) is 0 Å². The summed E-state index contributed by atoms with van der Waals surface area (Å²) in [6.07, 6.45) is 4.26. The molecule has 0 bridgehead atoms. The third-order valence-electron chi connectivity index (χ3n) is 3.75. The van der Waals surface area contributed by atoms with Crippen molar-refractivity contribution in [3.05, 3.63) is 29.8 Å². The Labute approximate surface area is 109 Å². The number of carbonyl (C=O) groups excluding carboxylic acids is 1. The molecule has 0 amide bonds. The van der Waals surface area contributed by atoms with Crippen molar-refractivity contribution in [3.63, 3.8) is 0 Å². The third kappa shape index (κ3) is 3.10. The summed E-state index contributed by atoms with van der Waals surface area (Å²) in [7, 11) is 3.75. The minimum atomic E-state index is 0.233. The second-order valence-corrected chi connectivity index (χ2v) is 4.99. The zero-order valence-electron chi connectivity index (χ0n) is 11.2. The van der Waals surface area contributed by atoms with Gasteiger partial charge in [0.05, 0.1) is 7.11 Å². The first-order chi connectivity index (χ1) is 8.70. The lowest BCUT2D eigenvalue weighted by molar-refractivity contribution is 0.0906. The van der Waals surface area contributed by atoms with Crippen molar-refractivity contribution in [2.75, 3.05) is 20.7 Å². The monoisotopic (exact) mass is 247 g/mol. The Bertz CT molecular complexity index is 399. The summed E-state index contributed by atoms with van der Waals surface area (Å²) in [5, 5.41) is 0. The number of benzene rings is 1. The van der Waals surface area contributed by atoms with Crippen molar-refractivity contribution < 1.29 is 9.53 Å². The van der Waals surface area contributed by atoms with Gasteiger partial charge in [-0.25, -0.2) is 0 Å². The molecule has 0 N–H and O–H groups in total. The Morgan fingerprint density at radius 1 is 1.33 bits per heavy atom. The largest absolute Gasteiger partial charge is 0.497 e. The highest BCUT2D eigenvalue weighted by atomic mass is 16.5. The summed E-state index contributed by atoms with van der Waals surface area (Å²) in [4.78, 5) is 14.5. The normalized spacial score (nSPS) is 20.7. The molecule has 0 aliphatic carbocycles. The minimum absolute atomic E-state index is 0.233. The van der Waals surface area contributed by atoms with Crippen LogP contribution in [0.1, 0.15) is 36.0 Å². The van der Waals surface area contributed by atoms with Gasteiger partial charge in [-0.15, -0.1) is 0 Å². The standard InChI is InChI=1S/C15H21NO2/c1-16-10-4-3-5-13(16)11-15(17)12-6-8-14(18-2)9-7-12/h6-9,13H,3-5,10-11H2,1-2H3. The maximum atomic E-state index is 12.2. The molecule has 1 heterocycles. The van der Waals surface area contributed by atoms with Gasteiger partial charge in [-0.3, -0.25) is 4.79 Å². The maximum absolute atomic E-state index is 12.2. The van der Waals surface area contributed by atoms with Crippen molar-refractivity contribution in [3.8, 4) is 5.75 Å². The highest BCUT2D eigenvalue weighted by Crippen LogP contribution is 2.20. The van der Waals surface area contributed by atoms with Crippen molar-refractivity contribution in [2.24, 2.45) is 0 Å². The third-order valence-corrected chi connectivity index (χ3v) is 3.75. The quantitative estimate of drug-likeness (QED) is 0.766. The lowest BCUT2D eigenvalue weighted by Crippen LogP contribution is -2.37. The summed E-state index contributed by atoms with van der Waals surface area (Å²) >= 11 is 0. The molecule has 18 heavy (non-hydrogen) atoms. The van der Waals surface area contributed by atoms with Crippen molar-refractivity contribution in [1.82, 2.24) is 4.90 Å². The van der Waals surface area contributed by atoms with Crippen molar-refractivity contribution >= 4 is 5.78 Å². The number of piperidine rings is 1. The number of hydrogen-bond acceptors (Lipinski definition) is 3. The predicted octanol–water partition coefficient (Wildman–Crippen LogP) is 2.75. The van der Waals surface area contributed by atoms with E-state index >= 15 is 0 Å². The van der Waals surface area contributed by atoms with Gasteiger partial charge in [-0.1, -0.05) is 6.42 Å². The maximum Gasteiger partial charge on any atom is 0.164 e. The lowest BCUT2D eigenvalue weighted by Gasteiger charge is -2.31. The molecule has 0 aromatic heterocycles. The molecule has 98 valence electrons. The first-order valence-electron chi connectivity index (χ1n) is 6.58. The van der Waals surface area contributed by atoms with Gasteiger partial charge in [-0.2, -0.15) is 0 Å². The highest BCUT2D eigenvalue weighted by molar-refractivity contribution is 5.96. The SMILES string of the molecule is COc1ccc(C(=O)CC2CCCCN2C)cc1. The van der Waals surface area contributed by atoms with E-state index in [9.17, 15) is 4.79 Å².